The number of aliphatic hydroxyl groups excluding tert-OH is 1. The molecule has 1 fully saturated rings. The first kappa shape index (κ1) is 11.6. The van der Waals surface area contributed by atoms with Crippen LogP contribution in [0.3, 0.4) is 0 Å². The van der Waals surface area contributed by atoms with Gasteiger partial charge in [0, 0.05) is 12.1 Å². The zero-order valence-corrected chi connectivity index (χ0v) is 9.49. The molecule has 2 nitrogen and oxygen atoms in total. The van der Waals surface area contributed by atoms with Crippen LogP contribution in [0.25, 0.3) is 0 Å². The standard InChI is InChI=1S/C13H18FNO/c1-2-4-11-8-12(15-11)13(16)9-5-3-6-10(14)7-9/h3,5-7,11-13,15-16H,2,4,8H2,1H3/t11-,12+,13-/m0/s1. The SMILES string of the molecule is CCC[C@H]1C[C@H]([C@@H](O)c2cccc(F)c2)N1. The number of halogens is 1. The van der Waals surface area contributed by atoms with Crippen molar-refractivity contribution in [3.63, 3.8) is 0 Å². The average Bonchev–Trinajstić information content (AvgIpc) is 2.22. The van der Waals surface area contributed by atoms with Gasteiger partial charge in [-0.05, 0) is 30.5 Å². The third kappa shape index (κ3) is 2.42. The number of benzene rings is 1. The van der Waals surface area contributed by atoms with E-state index in [9.17, 15) is 9.50 Å². The molecule has 1 aliphatic rings. The summed E-state index contributed by atoms with van der Waals surface area (Å²) in [6.07, 6.45) is 2.68. The van der Waals surface area contributed by atoms with Crippen molar-refractivity contribution in [3.05, 3.63) is 35.6 Å². The first-order chi connectivity index (χ1) is 7.70. The van der Waals surface area contributed by atoms with Gasteiger partial charge in [0.15, 0.2) is 0 Å². The smallest absolute Gasteiger partial charge is 0.123 e. The van der Waals surface area contributed by atoms with Gasteiger partial charge in [0.05, 0.1) is 6.10 Å². The molecule has 0 radical (unpaired) electrons. The molecule has 0 bridgehead atoms. The highest BCUT2D eigenvalue weighted by Crippen LogP contribution is 2.28. The van der Waals surface area contributed by atoms with Gasteiger partial charge in [0.2, 0.25) is 0 Å². The van der Waals surface area contributed by atoms with Crippen LogP contribution in [0.5, 0.6) is 0 Å². The molecule has 1 saturated heterocycles. The van der Waals surface area contributed by atoms with Crippen molar-refractivity contribution in [2.24, 2.45) is 0 Å². The van der Waals surface area contributed by atoms with Gasteiger partial charge in [-0.2, -0.15) is 0 Å². The fraction of sp³-hybridized carbons (Fsp3) is 0.538. The summed E-state index contributed by atoms with van der Waals surface area (Å²) in [5, 5.41) is 13.3. The molecule has 2 rings (SSSR count). The monoisotopic (exact) mass is 223 g/mol. The minimum Gasteiger partial charge on any atom is -0.387 e. The predicted molar refractivity (Wildman–Crippen MR) is 61.6 cm³/mol. The lowest BCUT2D eigenvalue weighted by Crippen LogP contribution is -2.55. The largest absolute Gasteiger partial charge is 0.387 e. The van der Waals surface area contributed by atoms with E-state index in [1.165, 1.54) is 12.1 Å². The lowest BCUT2D eigenvalue weighted by Gasteiger charge is -2.40. The van der Waals surface area contributed by atoms with E-state index in [4.69, 9.17) is 0 Å². The summed E-state index contributed by atoms with van der Waals surface area (Å²) in [5.41, 5.74) is 0.660. The number of aliphatic hydroxyl groups is 1. The third-order valence-corrected chi connectivity index (χ3v) is 3.20. The van der Waals surface area contributed by atoms with Gasteiger partial charge in [0.1, 0.15) is 5.82 Å². The van der Waals surface area contributed by atoms with Crippen molar-refractivity contribution < 1.29 is 9.50 Å². The van der Waals surface area contributed by atoms with Gasteiger partial charge >= 0.3 is 0 Å². The number of hydrogen-bond donors (Lipinski definition) is 2. The van der Waals surface area contributed by atoms with Gasteiger partial charge in [-0.3, -0.25) is 0 Å². The lowest BCUT2D eigenvalue weighted by atomic mass is 9.87. The van der Waals surface area contributed by atoms with Crippen LogP contribution in [0.4, 0.5) is 4.39 Å². The Hall–Kier alpha value is -0.930. The van der Waals surface area contributed by atoms with Crippen LogP contribution in [0.1, 0.15) is 37.9 Å². The summed E-state index contributed by atoms with van der Waals surface area (Å²) < 4.78 is 13.0. The van der Waals surface area contributed by atoms with Crippen molar-refractivity contribution in [1.82, 2.24) is 5.32 Å². The van der Waals surface area contributed by atoms with E-state index in [0.717, 1.165) is 19.3 Å². The molecule has 16 heavy (non-hydrogen) atoms. The molecule has 0 spiro atoms. The fourth-order valence-corrected chi connectivity index (χ4v) is 2.28. The van der Waals surface area contributed by atoms with Gasteiger partial charge in [-0.25, -0.2) is 4.39 Å². The predicted octanol–water partition coefficient (Wildman–Crippen LogP) is 2.39. The average molecular weight is 223 g/mol. The van der Waals surface area contributed by atoms with E-state index in [2.05, 4.69) is 12.2 Å². The van der Waals surface area contributed by atoms with Crippen molar-refractivity contribution >= 4 is 0 Å². The van der Waals surface area contributed by atoms with Crippen LogP contribution in [-0.2, 0) is 0 Å². The Morgan fingerprint density at radius 2 is 2.31 bits per heavy atom. The van der Waals surface area contributed by atoms with E-state index in [1.54, 1.807) is 12.1 Å². The zero-order chi connectivity index (χ0) is 11.5. The maximum atomic E-state index is 13.0. The Bertz CT molecular complexity index is 350. The second-order valence-corrected chi connectivity index (χ2v) is 4.49. The molecule has 1 aliphatic heterocycles. The molecule has 1 heterocycles. The topological polar surface area (TPSA) is 32.3 Å². The third-order valence-electron chi connectivity index (χ3n) is 3.20. The first-order valence-corrected chi connectivity index (χ1v) is 5.90. The molecule has 1 aromatic rings. The van der Waals surface area contributed by atoms with Gasteiger partial charge in [-0.1, -0.05) is 25.5 Å². The molecular weight excluding hydrogens is 205 g/mol. The van der Waals surface area contributed by atoms with Gasteiger partial charge in [-0.15, -0.1) is 0 Å². The van der Waals surface area contributed by atoms with E-state index in [-0.39, 0.29) is 11.9 Å². The Kier molecular flexibility index (Phi) is 3.56. The van der Waals surface area contributed by atoms with Crippen LogP contribution >= 0.6 is 0 Å². The van der Waals surface area contributed by atoms with E-state index >= 15 is 0 Å². The number of nitrogens with one attached hydrogen (secondary N) is 1. The highest BCUT2D eigenvalue weighted by Gasteiger charge is 2.33. The normalized spacial score (nSPS) is 26.2. The second kappa shape index (κ2) is 4.93. The minimum atomic E-state index is -0.594. The number of rotatable bonds is 4. The minimum absolute atomic E-state index is 0.0818. The van der Waals surface area contributed by atoms with Crippen LogP contribution < -0.4 is 5.32 Å². The van der Waals surface area contributed by atoms with Gasteiger partial charge < -0.3 is 10.4 Å². The molecule has 0 unspecified atom stereocenters. The molecule has 0 aromatic heterocycles. The summed E-state index contributed by atoms with van der Waals surface area (Å²) in [6.45, 7) is 2.15. The van der Waals surface area contributed by atoms with Crippen LogP contribution in [0.15, 0.2) is 24.3 Å². The molecule has 2 N–H and O–H groups in total. The Morgan fingerprint density at radius 1 is 1.56 bits per heavy atom. The molecule has 88 valence electrons. The van der Waals surface area contributed by atoms with Crippen LogP contribution in [-0.4, -0.2) is 17.2 Å². The van der Waals surface area contributed by atoms with Crippen molar-refractivity contribution in [2.75, 3.05) is 0 Å². The maximum absolute atomic E-state index is 13.0. The van der Waals surface area contributed by atoms with Gasteiger partial charge in [0.25, 0.3) is 0 Å². The molecular formula is C13H18FNO. The molecule has 3 heteroatoms. The van der Waals surface area contributed by atoms with E-state index in [1.807, 2.05) is 0 Å². The summed E-state index contributed by atoms with van der Waals surface area (Å²) in [5.74, 6) is -0.291. The van der Waals surface area contributed by atoms with Crippen LogP contribution in [0.2, 0.25) is 0 Å². The van der Waals surface area contributed by atoms with E-state index in [0.29, 0.717) is 11.6 Å². The molecule has 0 saturated carbocycles. The quantitative estimate of drug-likeness (QED) is 0.821. The summed E-state index contributed by atoms with van der Waals surface area (Å²) in [7, 11) is 0. The summed E-state index contributed by atoms with van der Waals surface area (Å²) >= 11 is 0. The second-order valence-electron chi connectivity index (χ2n) is 4.49. The lowest BCUT2D eigenvalue weighted by molar-refractivity contribution is 0.0673. The molecule has 0 aliphatic carbocycles. The van der Waals surface area contributed by atoms with Crippen LogP contribution in [0, 0.1) is 5.82 Å². The molecule has 3 atom stereocenters. The summed E-state index contributed by atoms with van der Waals surface area (Å²) in [6, 6.07) is 6.80. The Labute approximate surface area is 95.5 Å². The Morgan fingerprint density at radius 3 is 2.94 bits per heavy atom. The highest BCUT2D eigenvalue weighted by atomic mass is 19.1. The molecule has 0 amide bonds. The fourth-order valence-electron chi connectivity index (χ4n) is 2.28. The summed E-state index contributed by atoms with van der Waals surface area (Å²) in [4.78, 5) is 0. The molecule has 1 aromatic carbocycles. The van der Waals surface area contributed by atoms with Crippen molar-refractivity contribution in [2.45, 2.75) is 44.4 Å². The van der Waals surface area contributed by atoms with Crippen molar-refractivity contribution in [3.8, 4) is 0 Å². The first-order valence-electron chi connectivity index (χ1n) is 5.90. The van der Waals surface area contributed by atoms with E-state index < -0.39 is 6.10 Å². The Balaban J connectivity index is 1.92. The highest BCUT2D eigenvalue weighted by molar-refractivity contribution is 5.21. The number of hydrogen-bond acceptors (Lipinski definition) is 2. The maximum Gasteiger partial charge on any atom is 0.123 e. The zero-order valence-electron chi connectivity index (χ0n) is 9.49. The van der Waals surface area contributed by atoms with Crippen molar-refractivity contribution in [1.29, 1.82) is 0 Å².